The molecule has 0 spiro atoms. The molecule has 0 saturated carbocycles. The smallest absolute Gasteiger partial charge is 0.141 e. The number of hydrogen-bond donors (Lipinski definition) is 2. The molecule has 0 bridgehead atoms. The summed E-state index contributed by atoms with van der Waals surface area (Å²) in [5.41, 5.74) is -0.958. The molecular formula is C12H22BrNO. The third-order valence-electron chi connectivity index (χ3n) is 4.02. The molecule has 2 atom stereocenters. The molecule has 15 heavy (non-hydrogen) atoms. The lowest BCUT2D eigenvalue weighted by Gasteiger charge is -2.47. The quantitative estimate of drug-likeness (QED) is 0.519. The van der Waals surface area contributed by atoms with Crippen molar-refractivity contribution in [1.82, 2.24) is 0 Å². The van der Waals surface area contributed by atoms with Crippen molar-refractivity contribution >= 4 is 0 Å². The van der Waals surface area contributed by atoms with E-state index < -0.39 is 5.60 Å². The van der Waals surface area contributed by atoms with E-state index in [9.17, 15) is 5.11 Å². The van der Waals surface area contributed by atoms with Crippen LogP contribution in [0.2, 0.25) is 0 Å². The molecule has 2 N–H and O–H groups in total. The first kappa shape index (κ1) is 15.0. The molecule has 0 radical (unpaired) electrons. The number of rotatable bonds is 2. The highest BCUT2D eigenvalue weighted by atomic mass is 79.9. The summed E-state index contributed by atoms with van der Waals surface area (Å²) in [7, 11) is 2.18. The van der Waals surface area contributed by atoms with Crippen molar-refractivity contribution < 1.29 is 27.0 Å². The van der Waals surface area contributed by atoms with Gasteiger partial charge < -0.3 is 27.0 Å². The van der Waals surface area contributed by atoms with Gasteiger partial charge in [0.15, 0.2) is 0 Å². The fourth-order valence-electron chi connectivity index (χ4n) is 2.78. The zero-order chi connectivity index (χ0) is 10.8. The molecule has 0 aliphatic carbocycles. The lowest BCUT2D eigenvalue weighted by molar-refractivity contribution is -0.896. The lowest BCUT2D eigenvalue weighted by Crippen LogP contribution is -3.13. The number of terminal acetylenes is 1. The molecule has 0 aromatic heterocycles. The number of halogens is 1. The molecule has 1 aliphatic heterocycles. The Morgan fingerprint density at radius 3 is 2.33 bits per heavy atom. The van der Waals surface area contributed by atoms with Crippen molar-refractivity contribution in [2.75, 3.05) is 20.1 Å². The van der Waals surface area contributed by atoms with Crippen LogP contribution in [0.3, 0.4) is 0 Å². The van der Waals surface area contributed by atoms with Crippen LogP contribution in [-0.4, -0.2) is 30.8 Å². The minimum atomic E-state index is -0.879. The third kappa shape index (κ3) is 2.38. The Kier molecular flexibility index (Phi) is 5.32. The highest BCUT2D eigenvalue weighted by Gasteiger charge is 2.52. The van der Waals surface area contributed by atoms with E-state index in [4.69, 9.17) is 6.42 Å². The second kappa shape index (κ2) is 5.34. The maximum absolute atomic E-state index is 10.5. The van der Waals surface area contributed by atoms with E-state index in [1.807, 2.05) is 0 Å². The molecule has 0 aromatic rings. The minimum absolute atomic E-state index is 0. The van der Waals surface area contributed by atoms with Gasteiger partial charge in [-0.05, 0) is 12.8 Å². The first-order valence-corrected chi connectivity index (χ1v) is 5.55. The summed E-state index contributed by atoms with van der Waals surface area (Å²) >= 11 is 0. The van der Waals surface area contributed by atoms with Crippen molar-refractivity contribution in [1.29, 1.82) is 0 Å². The summed E-state index contributed by atoms with van der Waals surface area (Å²) in [5.74, 6) is 2.64. The average molecular weight is 276 g/mol. The Hall–Kier alpha value is -0.0400. The van der Waals surface area contributed by atoms with Gasteiger partial charge in [0, 0.05) is 6.42 Å². The Morgan fingerprint density at radius 2 is 1.93 bits per heavy atom. The van der Waals surface area contributed by atoms with Gasteiger partial charge in [0.2, 0.25) is 0 Å². The number of piperidine rings is 1. The average Bonchev–Trinajstić information content (AvgIpc) is 2.22. The maximum Gasteiger partial charge on any atom is 0.141 e. The monoisotopic (exact) mass is 275 g/mol. The Balaban J connectivity index is 0.00000196. The van der Waals surface area contributed by atoms with Gasteiger partial charge in [0.1, 0.15) is 5.60 Å². The van der Waals surface area contributed by atoms with Gasteiger partial charge in [-0.1, -0.05) is 19.8 Å². The maximum atomic E-state index is 10.5. The van der Waals surface area contributed by atoms with Gasteiger partial charge >= 0.3 is 0 Å². The largest absolute Gasteiger partial charge is 1.00 e. The zero-order valence-corrected chi connectivity index (χ0v) is 11.5. The van der Waals surface area contributed by atoms with Crippen molar-refractivity contribution in [3.05, 3.63) is 0 Å². The third-order valence-corrected chi connectivity index (χ3v) is 4.02. The summed E-state index contributed by atoms with van der Waals surface area (Å²) in [6.45, 7) is 6.22. The molecule has 1 saturated heterocycles. The Morgan fingerprint density at radius 1 is 1.40 bits per heavy atom. The summed E-state index contributed by atoms with van der Waals surface area (Å²) in [6, 6.07) is 0. The molecule has 1 heterocycles. The highest BCUT2D eigenvalue weighted by Crippen LogP contribution is 2.40. The first-order valence-electron chi connectivity index (χ1n) is 5.55. The van der Waals surface area contributed by atoms with Crippen LogP contribution in [0.1, 0.15) is 33.1 Å². The van der Waals surface area contributed by atoms with Crippen molar-refractivity contribution in [2.45, 2.75) is 38.7 Å². The number of hydrogen-bond acceptors (Lipinski definition) is 1. The number of aliphatic hydroxyl groups is 1. The van der Waals surface area contributed by atoms with Crippen LogP contribution in [0.25, 0.3) is 0 Å². The molecule has 1 fully saturated rings. The zero-order valence-electron chi connectivity index (χ0n) is 9.94. The van der Waals surface area contributed by atoms with Gasteiger partial charge in [-0.2, -0.15) is 0 Å². The van der Waals surface area contributed by atoms with Crippen molar-refractivity contribution in [3.8, 4) is 12.3 Å². The van der Waals surface area contributed by atoms with Crippen molar-refractivity contribution in [2.24, 2.45) is 5.41 Å². The van der Waals surface area contributed by atoms with Crippen LogP contribution in [0.4, 0.5) is 0 Å². The Bertz CT molecular complexity index is 244. The standard InChI is InChI=1S/C12H21NO.BrH/c1-5-11(6-2)10-13(4)9-8-12(11,14)7-3;/h3,14H,5-6,8-10H2,1-2,4H3;1H. The molecule has 0 amide bonds. The topological polar surface area (TPSA) is 24.7 Å². The van der Waals surface area contributed by atoms with E-state index in [0.717, 1.165) is 32.4 Å². The van der Waals surface area contributed by atoms with Crippen LogP contribution < -0.4 is 21.9 Å². The van der Waals surface area contributed by atoms with E-state index in [0.29, 0.717) is 0 Å². The summed E-state index contributed by atoms with van der Waals surface area (Å²) < 4.78 is 0. The lowest BCUT2D eigenvalue weighted by atomic mass is 9.64. The van der Waals surface area contributed by atoms with E-state index in [2.05, 4.69) is 26.8 Å². The van der Waals surface area contributed by atoms with E-state index in [1.54, 1.807) is 0 Å². The molecular weight excluding hydrogens is 254 g/mol. The number of likely N-dealkylation sites (tertiary alicyclic amines) is 1. The SMILES string of the molecule is C#CC1(O)CC[NH+](C)CC1(CC)CC.[Br-]. The predicted molar refractivity (Wildman–Crippen MR) is 58.0 cm³/mol. The van der Waals surface area contributed by atoms with Crippen LogP contribution >= 0.6 is 0 Å². The fraction of sp³-hybridized carbons (Fsp3) is 0.833. The van der Waals surface area contributed by atoms with Crippen LogP contribution in [-0.2, 0) is 0 Å². The van der Waals surface area contributed by atoms with Crippen LogP contribution in [0.15, 0.2) is 0 Å². The number of quaternary nitrogens is 1. The second-order valence-corrected chi connectivity index (χ2v) is 4.63. The van der Waals surface area contributed by atoms with Gasteiger partial charge in [0.05, 0.1) is 25.6 Å². The number of nitrogens with one attached hydrogen (secondary N) is 1. The predicted octanol–water partition coefficient (Wildman–Crippen LogP) is -2.92. The molecule has 3 heteroatoms. The van der Waals surface area contributed by atoms with Crippen LogP contribution in [0, 0.1) is 17.8 Å². The van der Waals surface area contributed by atoms with E-state index in [1.165, 1.54) is 4.90 Å². The molecule has 1 aliphatic rings. The highest BCUT2D eigenvalue weighted by molar-refractivity contribution is 5.16. The fourth-order valence-corrected chi connectivity index (χ4v) is 2.78. The van der Waals surface area contributed by atoms with Gasteiger partial charge in [-0.25, -0.2) is 0 Å². The van der Waals surface area contributed by atoms with E-state index >= 15 is 0 Å². The summed E-state index contributed by atoms with van der Waals surface area (Å²) in [5, 5.41) is 10.5. The first-order chi connectivity index (χ1) is 6.53. The van der Waals surface area contributed by atoms with Crippen molar-refractivity contribution in [3.63, 3.8) is 0 Å². The second-order valence-electron chi connectivity index (χ2n) is 4.63. The van der Waals surface area contributed by atoms with E-state index in [-0.39, 0.29) is 22.4 Å². The normalized spacial score (nSPS) is 33.9. The van der Waals surface area contributed by atoms with Gasteiger partial charge in [-0.3, -0.25) is 0 Å². The summed E-state index contributed by atoms with van der Waals surface area (Å²) in [4.78, 5) is 1.48. The van der Waals surface area contributed by atoms with Gasteiger partial charge in [-0.15, -0.1) is 6.42 Å². The van der Waals surface area contributed by atoms with Gasteiger partial charge in [0.25, 0.3) is 0 Å². The molecule has 88 valence electrons. The Labute approximate surface area is 104 Å². The summed E-state index contributed by atoms with van der Waals surface area (Å²) in [6.07, 6.45) is 8.15. The molecule has 1 rings (SSSR count). The molecule has 2 nitrogen and oxygen atoms in total. The van der Waals surface area contributed by atoms with Crippen LogP contribution in [0.5, 0.6) is 0 Å². The minimum Gasteiger partial charge on any atom is -1.00 e. The molecule has 2 unspecified atom stereocenters. The molecule has 0 aromatic carbocycles.